The Morgan fingerprint density at radius 3 is 2.82 bits per heavy atom. The van der Waals surface area contributed by atoms with Crippen molar-refractivity contribution in [1.29, 1.82) is 0 Å². The fraction of sp³-hybridized carbons (Fsp3) is 1.00. The predicted octanol–water partition coefficient (Wildman–Crippen LogP) is 0.123. The zero-order valence-corrected chi connectivity index (χ0v) is 6.83. The molecule has 3 N–H and O–H groups in total. The standard InChI is InChI=1S/C8H17NO2/c9-8(5-10)6-11-4-3-7-1-2-7/h7-8,10H,1-6,9H2. The van der Waals surface area contributed by atoms with E-state index >= 15 is 0 Å². The highest BCUT2D eigenvalue weighted by Crippen LogP contribution is 2.31. The van der Waals surface area contributed by atoms with Gasteiger partial charge < -0.3 is 15.6 Å². The summed E-state index contributed by atoms with van der Waals surface area (Å²) < 4.78 is 5.25. The monoisotopic (exact) mass is 159 g/mol. The number of aliphatic hydroxyl groups is 1. The molecule has 0 radical (unpaired) electrons. The number of ether oxygens (including phenoxy) is 1. The van der Waals surface area contributed by atoms with E-state index in [1.165, 1.54) is 12.8 Å². The highest BCUT2D eigenvalue weighted by molar-refractivity contribution is 4.72. The topological polar surface area (TPSA) is 55.5 Å². The maximum absolute atomic E-state index is 8.55. The van der Waals surface area contributed by atoms with Crippen molar-refractivity contribution in [2.24, 2.45) is 11.7 Å². The van der Waals surface area contributed by atoms with Crippen molar-refractivity contribution < 1.29 is 9.84 Å². The van der Waals surface area contributed by atoms with Crippen molar-refractivity contribution >= 4 is 0 Å². The Bertz CT molecular complexity index is 104. The van der Waals surface area contributed by atoms with Crippen LogP contribution in [0.2, 0.25) is 0 Å². The summed E-state index contributed by atoms with van der Waals surface area (Å²) in [5, 5.41) is 8.55. The van der Waals surface area contributed by atoms with Crippen LogP contribution in [-0.2, 0) is 4.74 Å². The van der Waals surface area contributed by atoms with Crippen molar-refractivity contribution in [3.63, 3.8) is 0 Å². The summed E-state index contributed by atoms with van der Waals surface area (Å²) in [6.07, 6.45) is 3.91. The van der Waals surface area contributed by atoms with Gasteiger partial charge in [0, 0.05) is 6.61 Å². The molecule has 0 aromatic heterocycles. The Hall–Kier alpha value is -0.120. The minimum Gasteiger partial charge on any atom is -0.395 e. The molecule has 1 saturated carbocycles. The summed E-state index contributed by atoms with van der Waals surface area (Å²) in [5.41, 5.74) is 5.43. The van der Waals surface area contributed by atoms with Crippen LogP contribution in [0.3, 0.4) is 0 Å². The van der Waals surface area contributed by atoms with Crippen molar-refractivity contribution in [3.05, 3.63) is 0 Å². The highest BCUT2D eigenvalue weighted by atomic mass is 16.5. The molecule has 1 unspecified atom stereocenters. The molecule has 0 saturated heterocycles. The summed E-state index contributed by atoms with van der Waals surface area (Å²) in [4.78, 5) is 0. The minimum atomic E-state index is -0.200. The maximum atomic E-state index is 8.55. The molecule has 0 aromatic rings. The summed E-state index contributed by atoms with van der Waals surface area (Å²) in [6, 6.07) is -0.200. The smallest absolute Gasteiger partial charge is 0.0639 e. The van der Waals surface area contributed by atoms with Crippen LogP contribution in [0, 0.1) is 5.92 Å². The van der Waals surface area contributed by atoms with Gasteiger partial charge in [0.1, 0.15) is 0 Å². The first kappa shape index (κ1) is 8.97. The zero-order valence-electron chi connectivity index (χ0n) is 6.83. The van der Waals surface area contributed by atoms with Crippen molar-refractivity contribution in [2.75, 3.05) is 19.8 Å². The second-order valence-corrected chi connectivity index (χ2v) is 3.25. The third kappa shape index (κ3) is 4.35. The first-order valence-electron chi connectivity index (χ1n) is 4.27. The molecule has 1 aliphatic rings. The molecule has 1 fully saturated rings. The number of nitrogens with two attached hydrogens (primary N) is 1. The van der Waals surface area contributed by atoms with Crippen LogP contribution in [0.1, 0.15) is 19.3 Å². The summed E-state index contributed by atoms with van der Waals surface area (Å²) in [5.74, 6) is 0.917. The third-order valence-electron chi connectivity index (χ3n) is 1.93. The van der Waals surface area contributed by atoms with Crippen LogP contribution in [-0.4, -0.2) is 31.0 Å². The quantitative estimate of drug-likeness (QED) is 0.541. The van der Waals surface area contributed by atoms with Crippen molar-refractivity contribution in [3.8, 4) is 0 Å². The highest BCUT2D eigenvalue weighted by Gasteiger charge is 2.20. The molecule has 0 bridgehead atoms. The molecule has 0 spiro atoms. The minimum absolute atomic E-state index is 0.0173. The first-order valence-corrected chi connectivity index (χ1v) is 4.27. The van der Waals surface area contributed by atoms with Crippen LogP contribution in [0.25, 0.3) is 0 Å². The van der Waals surface area contributed by atoms with E-state index < -0.39 is 0 Å². The average Bonchev–Trinajstić information content (AvgIpc) is 2.81. The van der Waals surface area contributed by atoms with Gasteiger partial charge in [-0.05, 0) is 12.3 Å². The van der Waals surface area contributed by atoms with Crippen LogP contribution in [0.15, 0.2) is 0 Å². The van der Waals surface area contributed by atoms with E-state index in [1.807, 2.05) is 0 Å². The average molecular weight is 159 g/mol. The van der Waals surface area contributed by atoms with Gasteiger partial charge in [0.25, 0.3) is 0 Å². The van der Waals surface area contributed by atoms with E-state index in [2.05, 4.69) is 0 Å². The molecule has 1 aliphatic carbocycles. The van der Waals surface area contributed by atoms with Gasteiger partial charge in [-0.2, -0.15) is 0 Å². The van der Waals surface area contributed by atoms with Gasteiger partial charge in [0.15, 0.2) is 0 Å². The number of rotatable bonds is 6. The largest absolute Gasteiger partial charge is 0.395 e. The van der Waals surface area contributed by atoms with Crippen LogP contribution < -0.4 is 5.73 Å². The lowest BCUT2D eigenvalue weighted by atomic mass is 10.3. The van der Waals surface area contributed by atoms with E-state index in [9.17, 15) is 0 Å². The Morgan fingerprint density at radius 2 is 2.27 bits per heavy atom. The second-order valence-electron chi connectivity index (χ2n) is 3.25. The fourth-order valence-electron chi connectivity index (χ4n) is 0.944. The van der Waals surface area contributed by atoms with Gasteiger partial charge in [0.2, 0.25) is 0 Å². The molecule has 0 aliphatic heterocycles. The fourth-order valence-corrected chi connectivity index (χ4v) is 0.944. The lowest BCUT2D eigenvalue weighted by Crippen LogP contribution is -2.30. The van der Waals surface area contributed by atoms with Gasteiger partial charge >= 0.3 is 0 Å². The summed E-state index contributed by atoms with van der Waals surface area (Å²) in [6.45, 7) is 1.31. The lowest BCUT2D eigenvalue weighted by molar-refractivity contribution is 0.0968. The molecule has 3 heteroatoms. The van der Waals surface area contributed by atoms with Crippen LogP contribution >= 0.6 is 0 Å². The molecule has 0 amide bonds. The third-order valence-corrected chi connectivity index (χ3v) is 1.93. The molecular weight excluding hydrogens is 142 g/mol. The van der Waals surface area contributed by atoms with E-state index in [1.54, 1.807) is 0 Å². The summed E-state index contributed by atoms with van der Waals surface area (Å²) >= 11 is 0. The molecule has 0 heterocycles. The number of hydrogen-bond acceptors (Lipinski definition) is 3. The SMILES string of the molecule is NC(CO)COCCC1CC1. The van der Waals surface area contributed by atoms with E-state index in [0.29, 0.717) is 6.61 Å². The van der Waals surface area contributed by atoms with Gasteiger partial charge in [-0.1, -0.05) is 12.8 Å². The van der Waals surface area contributed by atoms with Gasteiger partial charge in [-0.25, -0.2) is 0 Å². The van der Waals surface area contributed by atoms with Gasteiger partial charge in [-0.15, -0.1) is 0 Å². The Labute approximate surface area is 67.5 Å². The zero-order chi connectivity index (χ0) is 8.10. The molecule has 0 aromatic carbocycles. The van der Waals surface area contributed by atoms with E-state index in [4.69, 9.17) is 15.6 Å². The molecular formula is C8H17NO2. The van der Waals surface area contributed by atoms with Crippen molar-refractivity contribution in [2.45, 2.75) is 25.3 Å². The Morgan fingerprint density at radius 1 is 1.55 bits per heavy atom. The lowest BCUT2D eigenvalue weighted by Gasteiger charge is -2.07. The van der Waals surface area contributed by atoms with Gasteiger partial charge in [-0.3, -0.25) is 0 Å². The molecule has 66 valence electrons. The van der Waals surface area contributed by atoms with E-state index in [-0.39, 0.29) is 12.6 Å². The first-order chi connectivity index (χ1) is 5.33. The molecule has 1 atom stereocenters. The van der Waals surface area contributed by atoms with Crippen LogP contribution in [0.5, 0.6) is 0 Å². The Balaban J connectivity index is 1.79. The second kappa shape index (κ2) is 4.70. The Kier molecular flexibility index (Phi) is 3.83. The maximum Gasteiger partial charge on any atom is 0.0639 e. The number of aliphatic hydroxyl groups excluding tert-OH is 1. The predicted molar refractivity (Wildman–Crippen MR) is 43.2 cm³/mol. The van der Waals surface area contributed by atoms with Gasteiger partial charge in [0.05, 0.1) is 19.3 Å². The summed E-state index contributed by atoms with van der Waals surface area (Å²) in [7, 11) is 0. The normalized spacial score (nSPS) is 20.2. The van der Waals surface area contributed by atoms with E-state index in [0.717, 1.165) is 18.9 Å². The number of hydrogen-bond donors (Lipinski definition) is 2. The molecule has 11 heavy (non-hydrogen) atoms. The molecule has 3 nitrogen and oxygen atoms in total. The van der Waals surface area contributed by atoms with Crippen LogP contribution in [0.4, 0.5) is 0 Å². The van der Waals surface area contributed by atoms with Crippen molar-refractivity contribution in [1.82, 2.24) is 0 Å². The molecule has 1 rings (SSSR count).